The van der Waals surface area contributed by atoms with Gasteiger partial charge in [0.05, 0.1) is 0 Å². The second kappa shape index (κ2) is 5.67. The summed E-state index contributed by atoms with van der Waals surface area (Å²) in [5.41, 5.74) is 9.63. The van der Waals surface area contributed by atoms with Crippen LogP contribution in [0.5, 0.6) is 5.75 Å². The number of phenols is 1. The minimum absolute atomic E-state index is 0.226. The van der Waals surface area contributed by atoms with Crippen molar-refractivity contribution in [3.63, 3.8) is 0 Å². The standard InChI is InChI=1S/C16H18N2O/c1-11-2-4-12(5-3-11)15(17)10-16(18)13-6-8-14(19)9-7-13/h2-9,16-17,19H,10,18H2,1H3. The van der Waals surface area contributed by atoms with E-state index in [0.29, 0.717) is 12.1 Å². The SMILES string of the molecule is Cc1ccc(C(=N)CC(N)c2ccc(O)cc2)cc1. The van der Waals surface area contributed by atoms with Crippen LogP contribution < -0.4 is 5.73 Å². The highest BCUT2D eigenvalue weighted by Gasteiger charge is 2.10. The van der Waals surface area contributed by atoms with Crippen LogP contribution in [0.15, 0.2) is 48.5 Å². The number of nitrogens with one attached hydrogen (secondary N) is 1. The third kappa shape index (κ3) is 3.42. The Morgan fingerprint density at radius 2 is 1.68 bits per heavy atom. The maximum atomic E-state index is 9.24. The summed E-state index contributed by atoms with van der Waals surface area (Å²) >= 11 is 0. The van der Waals surface area contributed by atoms with Crippen molar-refractivity contribution in [2.75, 3.05) is 0 Å². The number of benzene rings is 2. The Kier molecular flexibility index (Phi) is 3.97. The molecule has 0 aliphatic heterocycles. The van der Waals surface area contributed by atoms with Crippen LogP contribution in [0.1, 0.15) is 29.2 Å². The molecular formula is C16H18N2O. The molecule has 0 saturated carbocycles. The van der Waals surface area contributed by atoms with Crippen LogP contribution in [-0.4, -0.2) is 10.8 Å². The van der Waals surface area contributed by atoms with Crippen LogP contribution in [0.25, 0.3) is 0 Å². The van der Waals surface area contributed by atoms with E-state index in [-0.39, 0.29) is 11.8 Å². The Morgan fingerprint density at radius 1 is 1.11 bits per heavy atom. The molecule has 2 aromatic carbocycles. The molecule has 3 heteroatoms. The molecule has 1 unspecified atom stereocenters. The number of rotatable bonds is 4. The van der Waals surface area contributed by atoms with Gasteiger partial charge in [-0.25, -0.2) is 0 Å². The highest BCUT2D eigenvalue weighted by molar-refractivity contribution is 5.98. The van der Waals surface area contributed by atoms with Gasteiger partial charge in [0, 0.05) is 18.2 Å². The van der Waals surface area contributed by atoms with E-state index in [0.717, 1.165) is 11.1 Å². The van der Waals surface area contributed by atoms with Gasteiger partial charge in [-0.05, 0) is 30.2 Å². The number of nitrogens with two attached hydrogens (primary N) is 1. The van der Waals surface area contributed by atoms with Gasteiger partial charge < -0.3 is 16.2 Å². The fourth-order valence-electron chi connectivity index (χ4n) is 1.93. The molecule has 2 aromatic rings. The third-order valence-electron chi connectivity index (χ3n) is 3.15. The fraction of sp³-hybridized carbons (Fsp3) is 0.188. The first-order chi connectivity index (χ1) is 9.06. The fourth-order valence-corrected chi connectivity index (χ4v) is 1.93. The lowest BCUT2D eigenvalue weighted by molar-refractivity contribution is 0.475. The highest BCUT2D eigenvalue weighted by Crippen LogP contribution is 2.19. The number of aryl methyl sites for hydroxylation is 1. The van der Waals surface area contributed by atoms with E-state index in [4.69, 9.17) is 11.1 Å². The summed E-state index contributed by atoms with van der Waals surface area (Å²) in [6, 6.07) is 14.5. The van der Waals surface area contributed by atoms with Crippen molar-refractivity contribution in [3.05, 3.63) is 65.2 Å². The topological polar surface area (TPSA) is 70.1 Å². The van der Waals surface area contributed by atoms with Crippen LogP contribution in [-0.2, 0) is 0 Å². The van der Waals surface area contributed by atoms with Crippen molar-refractivity contribution in [1.82, 2.24) is 0 Å². The van der Waals surface area contributed by atoms with Crippen LogP contribution in [0, 0.1) is 12.3 Å². The lowest BCUT2D eigenvalue weighted by atomic mass is 9.97. The molecule has 2 rings (SSSR count). The van der Waals surface area contributed by atoms with E-state index in [9.17, 15) is 5.11 Å². The van der Waals surface area contributed by atoms with Gasteiger partial charge in [-0.3, -0.25) is 0 Å². The second-order valence-electron chi connectivity index (χ2n) is 4.75. The van der Waals surface area contributed by atoms with E-state index in [2.05, 4.69) is 0 Å². The molecule has 0 radical (unpaired) electrons. The first-order valence-electron chi connectivity index (χ1n) is 6.25. The van der Waals surface area contributed by atoms with E-state index in [1.54, 1.807) is 24.3 Å². The lowest BCUT2D eigenvalue weighted by Crippen LogP contribution is -2.15. The molecule has 0 aliphatic carbocycles. The van der Waals surface area contributed by atoms with Crippen LogP contribution in [0.2, 0.25) is 0 Å². The molecule has 0 aromatic heterocycles. The Labute approximate surface area is 113 Å². The smallest absolute Gasteiger partial charge is 0.115 e. The largest absolute Gasteiger partial charge is 0.508 e. The van der Waals surface area contributed by atoms with Gasteiger partial charge in [0.15, 0.2) is 0 Å². The van der Waals surface area contributed by atoms with Crippen molar-refractivity contribution in [2.45, 2.75) is 19.4 Å². The van der Waals surface area contributed by atoms with Crippen molar-refractivity contribution in [3.8, 4) is 5.75 Å². The van der Waals surface area contributed by atoms with E-state index in [1.807, 2.05) is 31.2 Å². The zero-order chi connectivity index (χ0) is 13.8. The molecule has 0 amide bonds. The van der Waals surface area contributed by atoms with Crippen LogP contribution in [0.3, 0.4) is 0 Å². The minimum atomic E-state index is -0.227. The first-order valence-corrected chi connectivity index (χ1v) is 6.25. The van der Waals surface area contributed by atoms with Crippen molar-refractivity contribution < 1.29 is 5.11 Å². The monoisotopic (exact) mass is 254 g/mol. The molecule has 0 spiro atoms. The molecule has 3 nitrogen and oxygen atoms in total. The average Bonchev–Trinajstić information content (AvgIpc) is 2.40. The number of phenolic OH excluding ortho intramolecular Hbond substituents is 1. The first kappa shape index (κ1) is 13.3. The summed E-state index contributed by atoms with van der Waals surface area (Å²) in [5, 5.41) is 17.3. The lowest BCUT2D eigenvalue weighted by Gasteiger charge is -2.13. The molecule has 4 N–H and O–H groups in total. The summed E-state index contributed by atoms with van der Waals surface area (Å²) in [6.07, 6.45) is 0.480. The van der Waals surface area contributed by atoms with Gasteiger partial charge in [-0.15, -0.1) is 0 Å². The van der Waals surface area contributed by atoms with Crippen LogP contribution >= 0.6 is 0 Å². The summed E-state index contributed by atoms with van der Waals surface area (Å²) in [7, 11) is 0. The molecule has 0 heterocycles. The Balaban J connectivity index is 2.06. The summed E-state index contributed by atoms with van der Waals surface area (Å²) < 4.78 is 0. The van der Waals surface area contributed by atoms with Gasteiger partial charge in [-0.2, -0.15) is 0 Å². The van der Waals surface area contributed by atoms with Crippen LogP contribution in [0.4, 0.5) is 0 Å². The van der Waals surface area contributed by atoms with Gasteiger partial charge in [0.25, 0.3) is 0 Å². The van der Waals surface area contributed by atoms with Crippen molar-refractivity contribution in [1.29, 1.82) is 5.41 Å². The molecule has 0 bridgehead atoms. The summed E-state index contributed by atoms with van der Waals surface area (Å²) in [5.74, 6) is 0.226. The van der Waals surface area contributed by atoms with E-state index in [1.165, 1.54) is 5.56 Å². The molecule has 0 saturated heterocycles. The zero-order valence-electron chi connectivity index (χ0n) is 10.9. The van der Waals surface area contributed by atoms with Gasteiger partial charge in [-0.1, -0.05) is 42.0 Å². The van der Waals surface area contributed by atoms with E-state index >= 15 is 0 Å². The minimum Gasteiger partial charge on any atom is -0.508 e. The normalized spacial score (nSPS) is 12.1. The van der Waals surface area contributed by atoms with Gasteiger partial charge in [0.1, 0.15) is 5.75 Å². The quantitative estimate of drug-likeness (QED) is 0.733. The predicted octanol–water partition coefficient (Wildman–Crippen LogP) is 3.16. The maximum absolute atomic E-state index is 9.24. The summed E-state index contributed by atoms with van der Waals surface area (Å²) in [4.78, 5) is 0. The average molecular weight is 254 g/mol. The third-order valence-corrected chi connectivity index (χ3v) is 3.15. The molecular weight excluding hydrogens is 236 g/mol. The molecule has 0 fully saturated rings. The number of aromatic hydroxyl groups is 1. The molecule has 0 aliphatic rings. The predicted molar refractivity (Wildman–Crippen MR) is 77.7 cm³/mol. The Morgan fingerprint density at radius 3 is 2.26 bits per heavy atom. The molecule has 19 heavy (non-hydrogen) atoms. The number of hydrogen-bond donors (Lipinski definition) is 3. The van der Waals surface area contributed by atoms with Crippen molar-refractivity contribution >= 4 is 5.71 Å². The highest BCUT2D eigenvalue weighted by atomic mass is 16.3. The maximum Gasteiger partial charge on any atom is 0.115 e. The zero-order valence-corrected chi connectivity index (χ0v) is 10.9. The van der Waals surface area contributed by atoms with E-state index < -0.39 is 0 Å². The Bertz CT molecular complexity index is 558. The van der Waals surface area contributed by atoms with Crippen molar-refractivity contribution in [2.24, 2.45) is 5.73 Å². The Hall–Kier alpha value is -2.13. The van der Waals surface area contributed by atoms with Gasteiger partial charge >= 0.3 is 0 Å². The molecule has 98 valence electrons. The number of hydrogen-bond acceptors (Lipinski definition) is 3. The van der Waals surface area contributed by atoms with Gasteiger partial charge in [0.2, 0.25) is 0 Å². The molecule has 1 atom stereocenters. The second-order valence-corrected chi connectivity index (χ2v) is 4.75. The summed E-state index contributed by atoms with van der Waals surface area (Å²) in [6.45, 7) is 2.02.